The van der Waals surface area contributed by atoms with E-state index in [0.717, 1.165) is 22.3 Å². The number of hydrogen-bond acceptors (Lipinski definition) is 5. The fourth-order valence-electron chi connectivity index (χ4n) is 4.70. The molecule has 2 aliphatic heterocycles. The lowest BCUT2D eigenvalue weighted by Crippen LogP contribution is -2.44. The lowest BCUT2D eigenvalue weighted by molar-refractivity contribution is -0.150. The van der Waals surface area contributed by atoms with Crippen LogP contribution in [0.2, 0.25) is 0 Å². The molecule has 2 aromatic heterocycles. The molecule has 0 N–H and O–H groups in total. The van der Waals surface area contributed by atoms with Crippen molar-refractivity contribution in [2.45, 2.75) is 45.3 Å². The Hall–Kier alpha value is -2.67. The molecule has 7 heteroatoms. The summed E-state index contributed by atoms with van der Waals surface area (Å²) >= 11 is 1.57. The predicted octanol–water partition coefficient (Wildman–Crippen LogP) is 3.90. The highest BCUT2D eigenvalue weighted by Crippen LogP contribution is 2.44. The van der Waals surface area contributed by atoms with Crippen LogP contribution in [-0.2, 0) is 22.5 Å². The molecule has 1 unspecified atom stereocenters. The van der Waals surface area contributed by atoms with Crippen LogP contribution < -0.4 is 0 Å². The maximum absolute atomic E-state index is 12.8. The maximum Gasteiger partial charge on any atom is 0.312 e. The Kier molecular flexibility index (Phi) is 4.85. The number of aromatic nitrogens is 2. The van der Waals surface area contributed by atoms with Gasteiger partial charge in [-0.05, 0) is 43.5 Å². The third-order valence-electron chi connectivity index (χ3n) is 6.48. The number of imidazole rings is 1. The van der Waals surface area contributed by atoms with Crippen LogP contribution >= 0.6 is 11.3 Å². The number of rotatable bonds is 4. The Bertz CT molecular complexity index is 1090. The summed E-state index contributed by atoms with van der Waals surface area (Å²) in [6.45, 7) is 3.92. The average molecular weight is 424 g/mol. The summed E-state index contributed by atoms with van der Waals surface area (Å²) in [6.07, 6.45) is 4.66. The van der Waals surface area contributed by atoms with Gasteiger partial charge in [0.25, 0.3) is 5.91 Å². The minimum absolute atomic E-state index is 0.0855. The molecule has 2 aliphatic rings. The lowest BCUT2D eigenvalue weighted by Gasteiger charge is -2.36. The fraction of sp³-hybridized carbons (Fsp3) is 0.435. The highest BCUT2D eigenvalue weighted by atomic mass is 32.1. The van der Waals surface area contributed by atoms with Crippen LogP contribution in [0.15, 0.2) is 42.7 Å². The molecule has 2 fully saturated rings. The number of ether oxygens (including phenoxy) is 1. The standard InChI is InChI=1S/C23H25N3O3S/c1-2-17-7-8-20(30-17)21(27)25-11-9-23(10-12-25)13-16(29-22(23)28)14-26-15-24-18-5-3-4-6-19(18)26/h3-8,15-16H,2,9-14H2,1H3. The fourth-order valence-corrected chi connectivity index (χ4v) is 5.61. The van der Waals surface area contributed by atoms with Crippen LogP contribution in [0.1, 0.15) is 40.7 Å². The van der Waals surface area contributed by atoms with Crippen molar-refractivity contribution in [1.29, 1.82) is 0 Å². The summed E-state index contributed by atoms with van der Waals surface area (Å²) in [4.78, 5) is 34.0. The number of likely N-dealkylation sites (tertiary alicyclic amines) is 1. The van der Waals surface area contributed by atoms with Gasteiger partial charge in [0, 0.05) is 24.4 Å². The summed E-state index contributed by atoms with van der Waals surface area (Å²) in [5, 5.41) is 0. The Morgan fingerprint density at radius 1 is 1.23 bits per heavy atom. The quantitative estimate of drug-likeness (QED) is 0.597. The number of carbonyl (C=O) groups excluding carboxylic acids is 2. The lowest BCUT2D eigenvalue weighted by atomic mass is 9.76. The number of nitrogens with zero attached hydrogens (tertiary/aromatic N) is 3. The second kappa shape index (κ2) is 7.54. The van der Waals surface area contributed by atoms with E-state index in [1.807, 2.05) is 47.6 Å². The van der Waals surface area contributed by atoms with Crippen LogP contribution in [0, 0.1) is 5.41 Å². The topological polar surface area (TPSA) is 64.4 Å². The van der Waals surface area contributed by atoms with Gasteiger partial charge in [0.1, 0.15) is 6.10 Å². The highest BCUT2D eigenvalue weighted by molar-refractivity contribution is 7.14. The molecule has 1 atom stereocenters. The van der Waals surface area contributed by atoms with E-state index < -0.39 is 5.41 Å². The van der Waals surface area contributed by atoms with E-state index in [0.29, 0.717) is 38.9 Å². The molecule has 0 saturated carbocycles. The first-order chi connectivity index (χ1) is 14.6. The van der Waals surface area contributed by atoms with Gasteiger partial charge in [-0.25, -0.2) is 4.98 Å². The summed E-state index contributed by atoms with van der Waals surface area (Å²) in [5.74, 6) is -0.0178. The van der Waals surface area contributed by atoms with E-state index in [9.17, 15) is 9.59 Å². The molecule has 0 aliphatic carbocycles. The summed E-state index contributed by atoms with van der Waals surface area (Å²) < 4.78 is 7.85. The molecular weight excluding hydrogens is 398 g/mol. The molecule has 3 aromatic rings. The number of piperidine rings is 1. The molecule has 2 saturated heterocycles. The SMILES string of the molecule is CCc1ccc(C(=O)N2CCC3(CC2)CC(Cn2cnc4ccccc42)OC3=O)s1. The number of carbonyl (C=O) groups is 2. The van der Waals surface area contributed by atoms with Gasteiger partial charge < -0.3 is 14.2 Å². The van der Waals surface area contributed by atoms with Crippen LogP contribution in [0.4, 0.5) is 0 Å². The minimum atomic E-state index is -0.456. The first-order valence-corrected chi connectivity index (χ1v) is 11.4. The Morgan fingerprint density at radius 3 is 2.80 bits per heavy atom. The number of benzene rings is 1. The maximum atomic E-state index is 12.8. The van der Waals surface area contributed by atoms with Gasteiger partial charge in [-0.1, -0.05) is 19.1 Å². The molecule has 156 valence electrons. The Morgan fingerprint density at radius 2 is 2.03 bits per heavy atom. The van der Waals surface area contributed by atoms with Gasteiger partial charge in [0.15, 0.2) is 0 Å². The zero-order chi connectivity index (χ0) is 20.7. The monoisotopic (exact) mass is 423 g/mol. The van der Waals surface area contributed by atoms with Gasteiger partial charge in [-0.15, -0.1) is 11.3 Å². The number of esters is 1. The second-order valence-electron chi connectivity index (χ2n) is 8.31. The first kappa shape index (κ1) is 19.3. The van der Waals surface area contributed by atoms with Crippen molar-refractivity contribution < 1.29 is 14.3 Å². The third kappa shape index (κ3) is 3.31. The number of hydrogen-bond donors (Lipinski definition) is 0. The smallest absolute Gasteiger partial charge is 0.312 e. The second-order valence-corrected chi connectivity index (χ2v) is 9.48. The molecule has 0 bridgehead atoms. The van der Waals surface area contributed by atoms with Crippen LogP contribution in [0.5, 0.6) is 0 Å². The van der Waals surface area contributed by atoms with Crippen LogP contribution in [0.25, 0.3) is 11.0 Å². The zero-order valence-electron chi connectivity index (χ0n) is 17.0. The van der Waals surface area contributed by atoms with Crippen molar-refractivity contribution in [1.82, 2.24) is 14.5 Å². The molecular formula is C23H25N3O3S. The van der Waals surface area contributed by atoms with Crippen molar-refractivity contribution in [3.05, 3.63) is 52.5 Å². The van der Waals surface area contributed by atoms with Crippen molar-refractivity contribution in [3.8, 4) is 0 Å². The van der Waals surface area contributed by atoms with Gasteiger partial charge in [-0.3, -0.25) is 9.59 Å². The molecule has 1 spiro atoms. The molecule has 1 amide bonds. The molecule has 6 nitrogen and oxygen atoms in total. The molecule has 5 rings (SSSR count). The molecule has 0 radical (unpaired) electrons. The largest absolute Gasteiger partial charge is 0.460 e. The average Bonchev–Trinajstić information content (AvgIpc) is 3.47. The van der Waals surface area contributed by atoms with E-state index in [4.69, 9.17) is 4.74 Å². The number of fused-ring (bicyclic) bond motifs is 1. The van der Waals surface area contributed by atoms with E-state index >= 15 is 0 Å². The van der Waals surface area contributed by atoms with Crippen molar-refractivity contribution in [3.63, 3.8) is 0 Å². The molecule has 4 heterocycles. The van der Waals surface area contributed by atoms with Crippen LogP contribution in [-0.4, -0.2) is 45.5 Å². The first-order valence-electron chi connectivity index (χ1n) is 10.6. The van der Waals surface area contributed by atoms with Gasteiger partial charge in [-0.2, -0.15) is 0 Å². The number of cyclic esters (lactones) is 1. The van der Waals surface area contributed by atoms with Crippen LogP contribution in [0.3, 0.4) is 0 Å². The van der Waals surface area contributed by atoms with E-state index in [-0.39, 0.29) is 18.0 Å². The molecule has 1 aromatic carbocycles. The highest BCUT2D eigenvalue weighted by Gasteiger charge is 2.51. The third-order valence-corrected chi connectivity index (χ3v) is 7.70. The summed E-state index contributed by atoms with van der Waals surface area (Å²) in [6, 6.07) is 11.9. The van der Waals surface area contributed by atoms with Crippen molar-refractivity contribution in [2.24, 2.45) is 5.41 Å². The Balaban J connectivity index is 1.24. The molecule has 30 heavy (non-hydrogen) atoms. The number of thiophene rings is 1. The van der Waals surface area contributed by atoms with Crippen molar-refractivity contribution >= 4 is 34.2 Å². The number of amides is 1. The normalized spacial score (nSPS) is 20.8. The van der Waals surface area contributed by atoms with Gasteiger partial charge in [0.05, 0.1) is 34.2 Å². The summed E-state index contributed by atoms with van der Waals surface area (Å²) in [7, 11) is 0. The van der Waals surface area contributed by atoms with E-state index in [1.54, 1.807) is 11.3 Å². The van der Waals surface area contributed by atoms with Gasteiger partial charge >= 0.3 is 5.97 Å². The summed E-state index contributed by atoms with van der Waals surface area (Å²) in [5.41, 5.74) is 1.54. The number of aryl methyl sites for hydroxylation is 1. The number of para-hydroxylation sites is 2. The zero-order valence-corrected chi connectivity index (χ0v) is 17.9. The van der Waals surface area contributed by atoms with E-state index in [1.165, 1.54) is 4.88 Å². The van der Waals surface area contributed by atoms with E-state index in [2.05, 4.69) is 16.5 Å². The Labute approximate surface area is 179 Å². The minimum Gasteiger partial charge on any atom is -0.460 e. The van der Waals surface area contributed by atoms with Crippen molar-refractivity contribution in [2.75, 3.05) is 13.1 Å². The predicted molar refractivity (Wildman–Crippen MR) is 115 cm³/mol. The van der Waals surface area contributed by atoms with Gasteiger partial charge in [0.2, 0.25) is 0 Å².